The summed E-state index contributed by atoms with van der Waals surface area (Å²) in [5.41, 5.74) is 22.4. The molecule has 0 unspecified atom stereocenters. The molecule has 3 heteroatoms. The molecule has 0 amide bonds. The van der Waals surface area contributed by atoms with E-state index in [1.165, 1.54) is 55.6 Å². The molecule has 9 aromatic carbocycles. The van der Waals surface area contributed by atoms with Gasteiger partial charge in [0.15, 0.2) is 17.5 Å². The predicted octanol–water partition coefficient (Wildman–Crippen LogP) is 16.2. The highest BCUT2D eigenvalue weighted by atomic mass is 15.0. The van der Waals surface area contributed by atoms with Crippen LogP contribution in [0.3, 0.4) is 0 Å². The summed E-state index contributed by atoms with van der Waals surface area (Å²) in [5, 5.41) is 0. The summed E-state index contributed by atoms with van der Waals surface area (Å²) in [7, 11) is 0. The molecule has 0 atom stereocenters. The Balaban J connectivity index is 1.05. The van der Waals surface area contributed by atoms with E-state index in [4.69, 9.17) is 15.0 Å². The molecule has 2 aliphatic rings. The molecular formula is C63H47N3. The molecule has 10 aromatic rings. The van der Waals surface area contributed by atoms with Crippen LogP contribution >= 0.6 is 0 Å². The normalized spacial score (nSPS) is 13.7. The number of nitrogens with zero attached hydrogens (tertiary/aromatic N) is 3. The summed E-state index contributed by atoms with van der Waals surface area (Å²) in [6.07, 6.45) is 0. The monoisotopic (exact) mass is 845 g/mol. The Hall–Kier alpha value is -8.01. The maximum atomic E-state index is 5.33. The Morgan fingerprint density at radius 2 is 0.530 bits per heavy atom. The van der Waals surface area contributed by atoms with Crippen LogP contribution in [0.5, 0.6) is 0 Å². The molecular weight excluding hydrogens is 799 g/mol. The van der Waals surface area contributed by atoms with Crippen molar-refractivity contribution in [1.82, 2.24) is 15.0 Å². The van der Waals surface area contributed by atoms with Crippen molar-refractivity contribution in [3.63, 3.8) is 0 Å². The van der Waals surface area contributed by atoms with Crippen LogP contribution < -0.4 is 0 Å². The SMILES string of the molecule is CC1(C)c2ccccc2-c2cc(-c3cc(-c4ccc5c(c4)-c4ccccc4C5(C)C)cc(-c4nc(-c5ccc(-c6ccccc6)cc5)nc(-c5ccc(-c6ccccc6)cc5)n4)c3)ccc21. The fourth-order valence-electron chi connectivity index (χ4n) is 10.5. The van der Waals surface area contributed by atoms with Crippen molar-refractivity contribution in [2.75, 3.05) is 0 Å². The van der Waals surface area contributed by atoms with Gasteiger partial charge >= 0.3 is 0 Å². The summed E-state index contributed by atoms with van der Waals surface area (Å²) in [4.78, 5) is 15.8. The lowest BCUT2D eigenvalue weighted by molar-refractivity contribution is 0.660. The number of hydrogen-bond acceptors (Lipinski definition) is 3. The molecule has 0 bridgehead atoms. The molecule has 66 heavy (non-hydrogen) atoms. The first-order valence-corrected chi connectivity index (χ1v) is 22.9. The number of rotatable bonds is 7. The number of aromatic nitrogens is 3. The summed E-state index contributed by atoms with van der Waals surface area (Å²) in [6.45, 7) is 9.35. The third-order valence-electron chi connectivity index (χ3n) is 14.2. The van der Waals surface area contributed by atoms with Crippen LogP contribution in [0.15, 0.2) is 212 Å². The van der Waals surface area contributed by atoms with Gasteiger partial charge in [-0.05, 0) is 119 Å². The quantitative estimate of drug-likeness (QED) is 0.160. The zero-order valence-electron chi connectivity index (χ0n) is 37.5. The summed E-state index contributed by atoms with van der Waals surface area (Å²) in [6, 6.07) is 76.7. The van der Waals surface area contributed by atoms with E-state index in [-0.39, 0.29) is 10.8 Å². The van der Waals surface area contributed by atoms with Crippen LogP contribution in [-0.4, -0.2) is 15.0 Å². The number of hydrogen-bond donors (Lipinski definition) is 0. The number of fused-ring (bicyclic) bond motifs is 6. The van der Waals surface area contributed by atoms with E-state index in [2.05, 4.69) is 228 Å². The van der Waals surface area contributed by atoms with E-state index in [1.807, 2.05) is 12.1 Å². The Kier molecular flexibility index (Phi) is 9.19. The summed E-state index contributed by atoms with van der Waals surface area (Å²) >= 11 is 0. The Labute approximate surface area is 387 Å². The molecule has 0 saturated carbocycles. The average Bonchev–Trinajstić information content (AvgIpc) is 3.75. The lowest BCUT2D eigenvalue weighted by Crippen LogP contribution is -2.14. The third-order valence-corrected chi connectivity index (χ3v) is 14.2. The van der Waals surface area contributed by atoms with Crippen molar-refractivity contribution in [3.05, 3.63) is 235 Å². The highest BCUT2D eigenvalue weighted by Gasteiger charge is 2.36. The van der Waals surface area contributed by atoms with Gasteiger partial charge in [-0.1, -0.05) is 210 Å². The first-order valence-electron chi connectivity index (χ1n) is 22.9. The zero-order valence-corrected chi connectivity index (χ0v) is 37.5. The van der Waals surface area contributed by atoms with Crippen LogP contribution in [0.2, 0.25) is 0 Å². The minimum Gasteiger partial charge on any atom is -0.208 e. The fourth-order valence-corrected chi connectivity index (χ4v) is 10.5. The lowest BCUT2D eigenvalue weighted by atomic mass is 9.82. The Morgan fingerprint density at radius 1 is 0.227 bits per heavy atom. The van der Waals surface area contributed by atoms with E-state index < -0.39 is 0 Å². The zero-order chi connectivity index (χ0) is 44.6. The molecule has 1 heterocycles. The van der Waals surface area contributed by atoms with Gasteiger partial charge in [-0.2, -0.15) is 0 Å². The fraction of sp³-hybridized carbons (Fsp3) is 0.0952. The van der Waals surface area contributed by atoms with Crippen LogP contribution in [0.1, 0.15) is 49.9 Å². The van der Waals surface area contributed by atoms with Gasteiger partial charge in [0.25, 0.3) is 0 Å². The van der Waals surface area contributed by atoms with Gasteiger partial charge in [0, 0.05) is 27.5 Å². The predicted molar refractivity (Wildman–Crippen MR) is 273 cm³/mol. The second-order valence-electron chi connectivity index (χ2n) is 18.9. The molecule has 0 aliphatic heterocycles. The molecule has 3 nitrogen and oxygen atoms in total. The molecule has 0 fully saturated rings. The minimum atomic E-state index is -0.0811. The highest BCUT2D eigenvalue weighted by Crippen LogP contribution is 2.51. The standard InChI is InChI=1S/C63H47N3/c1-62(2)55-21-13-11-19-51(55)53-38-46(31-33-57(53)62)48-35-49(47-32-34-58-54(39-47)52-20-12-14-22-56(52)63(58,3)4)37-50(36-48)61-65-59(44-27-23-42(24-28-44)40-15-7-5-8-16-40)64-60(66-61)45-29-25-43(26-30-45)41-17-9-6-10-18-41/h5-39H,1-4H3. The number of benzene rings is 9. The molecule has 0 spiro atoms. The van der Waals surface area contributed by atoms with E-state index in [1.54, 1.807) is 0 Å². The van der Waals surface area contributed by atoms with E-state index in [0.29, 0.717) is 17.5 Å². The maximum absolute atomic E-state index is 5.33. The first kappa shape index (κ1) is 39.6. The Bertz CT molecular complexity index is 3270. The topological polar surface area (TPSA) is 38.7 Å². The Morgan fingerprint density at radius 3 is 0.955 bits per heavy atom. The second kappa shape index (κ2) is 15.3. The van der Waals surface area contributed by atoms with Gasteiger partial charge in [0.05, 0.1) is 0 Å². The molecule has 0 saturated heterocycles. The van der Waals surface area contributed by atoms with Crippen molar-refractivity contribution in [2.45, 2.75) is 38.5 Å². The first-order chi connectivity index (χ1) is 32.2. The van der Waals surface area contributed by atoms with Gasteiger partial charge in [-0.15, -0.1) is 0 Å². The molecule has 0 radical (unpaired) electrons. The van der Waals surface area contributed by atoms with Gasteiger partial charge in [-0.25, -0.2) is 15.0 Å². The third kappa shape index (κ3) is 6.61. The van der Waals surface area contributed by atoms with Crippen LogP contribution in [0.4, 0.5) is 0 Å². The molecule has 2 aliphatic carbocycles. The summed E-state index contributed by atoms with van der Waals surface area (Å²) in [5.74, 6) is 1.88. The molecule has 12 rings (SSSR count). The molecule has 1 aromatic heterocycles. The molecule has 314 valence electrons. The van der Waals surface area contributed by atoms with Crippen LogP contribution in [-0.2, 0) is 10.8 Å². The van der Waals surface area contributed by atoms with Crippen LogP contribution in [0.25, 0.3) is 101 Å². The molecule has 0 N–H and O–H groups in total. The van der Waals surface area contributed by atoms with Gasteiger partial charge in [0.1, 0.15) is 0 Å². The van der Waals surface area contributed by atoms with Crippen molar-refractivity contribution in [2.24, 2.45) is 0 Å². The van der Waals surface area contributed by atoms with E-state index in [0.717, 1.165) is 50.1 Å². The largest absolute Gasteiger partial charge is 0.208 e. The van der Waals surface area contributed by atoms with Crippen molar-refractivity contribution < 1.29 is 0 Å². The van der Waals surface area contributed by atoms with Crippen molar-refractivity contribution in [3.8, 4) is 101 Å². The summed E-state index contributed by atoms with van der Waals surface area (Å²) < 4.78 is 0. The smallest absolute Gasteiger partial charge is 0.164 e. The van der Waals surface area contributed by atoms with Gasteiger partial charge in [0.2, 0.25) is 0 Å². The van der Waals surface area contributed by atoms with Crippen molar-refractivity contribution >= 4 is 0 Å². The van der Waals surface area contributed by atoms with E-state index in [9.17, 15) is 0 Å². The van der Waals surface area contributed by atoms with E-state index >= 15 is 0 Å². The van der Waals surface area contributed by atoms with Gasteiger partial charge < -0.3 is 0 Å². The van der Waals surface area contributed by atoms with Crippen LogP contribution in [0, 0.1) is 0 Å². The second-order valence-corrected chi connectivity index (χ2v) is 18.9. The van der Waals surface area contributed by atoms with Gasteiger partial charge in [-0.3, -0.25) is 0 Å². The average molecular weight is 846 g/mol. The lowest BCUT2D eigenvalue weighted by Gasteiger charge is -2.21. The highest BCUT2D eigenvalue weighted by molar-refractivity contribution is 5.89. The van der Waals surface area contributed by atoms with Crippen molar-refractivity contribution in [1.29, 1.82) is 0 Å². The maximum Gasteiger partial charge on any atom is 0.164 e. The minimum absolute atomic E-state index is 0.0811.